The molecule has 1 N–H and O–H groups in total. The minimum Gasteiger partial charge on any atom is -0.370 e. The molecule has 2 rings (SSSR count). The number of H-pyrrole nitrogens is 1. The predicted molar refractivity (Wildman–Crippen MR) is 65.9 cm³/mol. The first-order valence-electron chi connectivity index (χ1n) is 6.46. The van der Waals surface area contributed by atoms with Gasteiger partial charge < -0.3 is 9.72 Å². The van der Waals surface area contributed by atoms with Crippen molar-refractivity contribution in [3.05, 3.63) is 27.9 Å². The van der Waals surface area contributed by atoms with Gasteiger partial charge in [-0.25, -0.2) is 4.98 Å². The quantitative estimate of drug-likeness (QED) is 0.824. The van der Waals surface area contributed by atoms with E-state index < -0.39 is 0 Å². The van der Waals surface area contributed by atoms with Crippen LogP contribution in [0.15, 0.2) is 10.9 Å². The highest BCUT2D eigenvalue weighted by Gasteiger charge is 2.34. The Hall–Kier alpha value is -1.16. The zero-order chi connectivity index (χ0) is 12.3. The molecule has 1 unspecified atom stereocenters. The van der Waals surface area contributed by atoms with E-state index in [-0.39, 0.29) is 11.7 Å². The average Bonchev–Trinajstić information content (AvgIpc) is 3.09. The number of hydrogen-bond acceptors (Lipinski definition) is 3. The lowest BCUT2D eigenvalue weighted by Crippen LogP contribution is -2.18. The number of aryl methyl sites for hydroxylation is 1. The molecule has 1 heterocycles. The lowest BCUT2D eigenvalue weighted by atomic mass is 10.2. The lowest BCUT2D eigenvalue weighted by molar-refractivity contribution is 0.0397. The van der Waals surface area contributed by atoms with Crippen LogP contribution in [-0.2, 0) is 11.2 Å². The minimum absolute atomic E-state index is 0.0236. The van der Waals surface area contributed by atoms with Crippen LogP contribution >= 0.6 is 0 Å². The first kappa shape index (κ1) is 12.3. The molecule has 0 saturated heterocycles. The molecule has 1 aliphatic rings. The minimum atomic E-state index is -0.0659. The van der Waals surface area contributed by atoms with Crippen molar-refractivity contribution < 1.29 is 4.74 Å². The molecular weight excluding hydrogens is 216 g/mol. The Kier molecular flexibility index (Phi) is 3.94. The van der Waals surface area contributed by atoms with Gasteiger partial charge in [0.25, 0.3) is 5.56 Å². The van der Waals surface area contributed by atoms with Gasteiger partial charge in [-0.15, -0.1) is 0 Å². The third-order valence-electron chi connectivity index (χ3n) is 2.99. The van der Waals surface area contributed by atoms with E-state index in [0.29, 0.717) is 18.3 Å². The molecule has 0 bridgehead atoms. The van der Waals surface area contributed by atoms with Crippen LogP contribution in [0.2, 0.25) is 0 Å². The topological polar surface area (TPSA) is 55.0 Å². The molecule has 0 radical (unpaired) electrons. The lowest BCUT2D eigenvalue weighted by Gasteiger charge is -2.15. The molecule has 1 saturated carbocycles. The van der Waals surface area contributed by atoms with E-state index in [1.54, 1.807) is 6.07 Å². The van der Waals surface area contributed by atoms with Gasteiger partial charge >= 0.3 is 0 Å². The van der Waals surface area contributed by atoms with Gasteiger partial charge in [-0.1, -0.05) is 13.3 Å². The average molecular weight is 236 g/mol. The van der Waals surface area contributed by atoms with E-state index in [1.807, 2.05) is 6.92 Å². The first-order valence-corrected chi connectivity index (χ1v) is 6.46. The van der Waals surface area contributed by atoms with Crippen molar-refractivity contribution in [1.82, 2.24) is 9.97 Å². The Morgan fingerprint density at radius 3 is 2.88 bits per heavy atom. The van der Waals surface area contributed by atoms with Gasteiger partial charge in [0.1, 0.15) is 11.9 Å². The summed E-state index contributed by atoms with van der Waals surface area (Å²) < 4.78 is 5.71. The summed E-state index contributed by atoms with van der Waals surface area (Å²) in [6.45, 7) is 4.72. The van der Waals surface area contributed by atoms with Crippen molar-refractivity contribution in [2.45, 2.75) is 45.6 Å². The molecule has 4 heteroatoms. The molecule has 1 fully saturated rings. The Bertz CT molecular complexity index is 424. The number of rotatable bonds is 6. The van der Waals surface area contributed by atoms with E-state index in [4.69, 9.17) is 4.74 Å². The summed E-state index contributed by atoms with van der Waals surface area (Å²) in [4.78, 5) is 18.9. The summed E-state index contributed by atoms with van der Waals surface area (Å²) >= 11 is 0. The van der Waals surface area contributed by atoms with Crippen molar-refractivity contribution in [2.24, 2.45) is 5.92 Å². The molecular formula is C13H20N2O2. The summed E-state index contributed by atoms with van der Waals surface area (Å²) in [5.41, 5.74) is 0.806. The van der Waals surface area contributed by atoms with Crippen LogP contribution in [0.3, 0.4) is 0 Å². The van der Waals surface area contributed by atoms with Crippen LogP contribution < -0.4 is 5.56 Å². The number of nitrogens with zero attached hydrogens (tertiary/aromatic N) is 1. The largest absolute Gasteiger partial charge is 0.370 e. The zero-order valence-corrected chi connectivity index (χ0v) is 10.5. The number of ether oxygens (including phenoxy) is 1. The summed E-state index contributed by atoms with van der Waals surface area (Å²) in [6.07, 6.45) is 4.17. The second-order valence-electron chi connectivity index (χ2n) is 4.59. The summed E-state index contributed by atoms with van der Waals surface area (Å²) in [5.74, 6) is 1.25. The fourth-order valence-electron chi connectivity index (χ4n) is 2.06. The van der Waals surface area contributed by atoms with Crippen LogP contribution in [0.1, 0.15) is 50.7 Å². The number of aromatic nitrogens is 2. The van der Waals surface area contributed by atoms with E-state index >= 15 is 0 Å². The van der Waals surface area contributed by atoms with Gasteiger partial charge in [-0.05, 0) is 32.1 Å². The van der Waals surface area contributed by atoms with E-state index in [0.717, 1.165) is 18.5 Å². The SMILES string of the molecule is CCCc1cc(=O)[nH]c(C(OCC)C2CC2)n1. The van der Waals surface area contributed by atoms with E-state index in [1.165, 1.54) is 12.8 Å². The molecule has 0 aliphatic heterocycles. The second kappa shape index (κ2) is 5.45. The van der Waals surface area contributed by atoms with Crippen LogP contribution in [0.5, 0.6) is 0 Å². The molecule has 1 aromatic rings. The normalized spacial score (nSPS) is 17.1. The van der Waals surface area contributed by atoms with Gasteiger partial charge in [0.15, 0.2) is 0 Å². The van der Waals surface area contributed by atoms with Crippen molar-refractivity contribution in [3.8, 4) is 0 Å². The highest BCUT2D eigenvalue weighted by molar-refractivity contribution is 5.07. The summed E-state index contributed by atoms with van der Waals surface area (Å²) in [7, 11) is 0. The van der Waals surface area contributed by atoms with Crippen LogP contribution in [-0.4, -0.2) is 16.6 Å². The highest BCUT2D eigenvalue weighted by Crippen LogP contribution is 2.41. The molecule has 0 amide bonds. The molecule has 0 aromatic carbocycles. The summed E-state index contributed by atoms with van der Waals surface area (Å²) in [5, 5.41) is 0. The number of nitrogens with one attached hydrogen (secondary N) is 1. The Morgan fingerprint density at radius 1 is 1.53 bits per heavy atom. The Balaban J connectivity index is 2.25. The second-order valence-corrected chi connectivity index (χ2v) is 4.59. The van der Waals surface area contributed by atoms with Gasteiger partial charge in [-0.2, -0.15) is 0 Å². The fraction of sp³-hybridized carbons (Fsp3) is 0.692. The van der Waals surface area contributed by atoms with Crippen molar-refractivity contribution in [1.29, 1.82) is 0 Å². The number of aromatic amines is 1. The van der Waals surface area contributed by atoms with Crippen LogP contribution in [0.4, 0.5) is 0 Å². The summed E-state index contributed by atoms with van der Waals surface area (Å²) in [6, 6.07) is 1.59. The van der Waals surface area contributed by atoms with Gasteiger partial charge in [-0.3, -0.25) is 4.79 Å². The van der Waals surface area contributed by atoms with Crippen molar-refractivity contribution in [2.75, 3.05) is 6.61 Å². The molecule has 1 aliphatic carbocycles. The Labute approximate surface area is 101 Å². The van der Waals surface area contributed by atoms with Crippen LogP contribution in [0.25, 0.3) is 0 Å². The van der Waals surface area contributed by atoms with Gasteiger partial charge in [0, 0.05) is 18.4 Å². The monoisotopic (exact) mass is 236 g/mol. The fourth-order valence-corrected chi connectivity index (χ4v) is 2.06. The van der Waals surface area contributed by atoms with Gasteiger partial charge in [0.05, 0.1) is 0 Å². The molecule has 1 aromatic heterocycles. The first-order chi connectivity index (χ1) is 8.24. The highest BCUT2D eigenvalue weighted by atomic mass is 16.5. The molecule has 17 heavy (non-hydrogen) atoms. The Morgan fingerprint density at radius 2 is 2.29 bits per heavy atom. The standard InChI is InChI=1S/C13H20N2O2/c1-3-5-10-8-11(16)15-13(14-10)12(17-4-2)9-6-7-9/h8-9,12H,3-7H2,1-2H3,(H,14,15,16). The van der Waals surface area contributed by atoms with E-state index in [9.17, 15) is 4.79 Å². The molecule has 94 valence electrons. The maximum absolute atomic E-state index is 11.6. The maximum atomic E-state index is 11.6. The predicted octanol–water partition coefficient (Wildman–Crippen LogP) is 2.21. The molecule has 1 atom stereocenters. The maximum Gasteiger partial charge on any atom is 0.251 e. The third-order valence-corrected chi connectivity index (χ3v) is 2.99. The molecule has 4 nitrogen and oxygen atoms in total. The van der Waals surface area contributed by atoms with Crippen molar-refractivity contribution in [3.63, 3.8) is 0 Å². The zero-order valence-electron chi connectivity index (χ0n) is 10.5. The van der Waals surface area contributed by atoms with Gasteiger partial charge in [0.2, 0.25) is 0 Å². The third kappa shape index (κ3) is 3.16. The van der Waals surface area contributed by atoms with Crippen LogP contribution in [0, 0.1) is 5.92 Å². The van der Waals surface area contributed by atoms with E-state index in [2.05, 4.69) is 16.9 Å². The number of hydrogen-bond donors (Lipinski definition) is 1. The van der Waals surface area contributed by atoms with Crippen molar-refractivity contribution >= 4 is 0 Å². The smallest absolute Gasteiger partial charge is 0.251 e. The molecule has 0 spiro atoms.